The summed E-state index contributed by atoms with van der Waals surface area (Å²) in [6.45, 7) is 7.62. The predicted octanol–water partition coefficient (Wildman–Crippen LogP) is 0.815. The van der Waals surface area contributed by atoms with Crippen LogP contribution in [-0.2, 0) is 9.47 Å². The van der Waals surface area contributed by atoms with E-state index in [4.69, 9.17) is 9.47 Å². The highest BCUT2D eigenvalue weighted by Crippen LogP contribution is 1.77. The molecule has 3 heteroatoms. The predicted molar refractivity (Wildman–Crippen MR) is 50.4 cm³/mol. The maximum atomic E-state index is 5.24. The molecular formula is C9H19NO2. The minimum Gasteiger partial charge on any atom is -0.382 e. The van der Waals surface area contributed by atoms with Crippen LogP contribution in [0.4, 0.5) is 0 Å². The quantitative estimate of drug-likeness (QED) is 0.413. The van der Waals surface area contributed by atoms with Gasteiger partial charge >= 0.3 is 0 Å². The zero-order valence-electron chi connectivity index (χ0n) is 7.84. The summed E-state index contributed by atoms with van der Waals surface area (Å²) in [4.78, 5) is 0. The van der Waals surface area contributed by atoms with Crippen LogP contribution in [0.3, 0.4) is 0 Å². The molecule has 0 aromatic heterocycles. The molecule has 0 unspecified atom stereocenters. The first-order valence-electron chi connectivity index (χ1n) is 4.30. The van der Waals surface area contributed by atoms with E-state index >= 15 is 0 Å². The average molecular weight is 173 g/mol. The fourth-order valence-corrected chi connectivity index (χ4v) is 0.718. The van der Waals surface area contributed by atoms with Crippen LogP contribution in [0.15, 0.2) is 12.7 Å². The fourth-order valence-electron chi connectivity index (χ4n) is 0.718. The molecule has 0 aliphatic rings. The number of hydrogen-bond donors (Lipinski definition) is 1. The highest BCUT2D eigenvalue weighted by atomic mass is 16.5. The molecule has 72 valence electrons. The van der Waals surface area contributed by atoms with Crippen molar-refractivity contribution in [2.45, 2.75) is 6.42 Å². The van der Waals surface area contributed by atoms with Gasteiger partial charge in [0.25, 0.3) is 0 Å². The zero-order chi connectivity index (χ0) is 9.07. The lowest BCUT2D eigenvalue weighted by atomic mass is 10.4. The van der Waals surface area contributed by atoms with Crippen LogP contribution in [0.5, 0.6) is 0 Å². The van der Waals surface area contributed by atoms with E-state index in [9.17, 15) is 0 Å². The Morgan fingerprint density at radius 3 is 2.75 bits per heavy atom. The normalized spacial score (nSPS) is 10.1. The van der Waals surface area contributed by atoms with Gasteiger partial charge in [0.05, 0.1) is 19.8 Å². The van der Waals surface area contributed by atoms with Crippen molar-refractivity contribution in [2.24, 2.45) is 0 Å². The summed E-state index contributed by atoms with van der Waals surface area (Å²) in [7, 11) is 1.67. The summed E-state index contributed by atoms with van der Waals surface area (Å²) in [5.74, 6) is 0. The number of methoxy groups -OCH3 is 1. The van der Waals surface area contributed by atoms with E-state index in [1.165, 1.54) is 0 Å². The largest absolute Gasteiger partial charge is 0.382 e. The molecule has 0 heterocycles. The maximum absolute atomic E-state index is 5.24. The second kappa shape index (κ2) is 10.6. The average Bonchev–Trinajstić information content (AvgIpc) is 2.10. The SMILES string of the molecule is C=CCCNCCOCCOC. The molecule has 0 atom stereocenters. The third kappa shape index (κ3) is 9.62. The molecule has 0 aromatic rings. The zero-order valence-corrected chi connectivity index (χ0v) is 7.84. The number of nitrogens with one attached hydrogen (secondary N) is 1. The van der Waals surface area contributed by atoms with E-state index in [1.807, 2.05) is 6.08 Å². The topological polar surface area (TPSA) is 30.5 Å². The molecule has 0 bridgehead atoms. The standard InChI is InChI=1S/C9H19NO2/c1-3-4-5-10-6-7-12-9-8-11-2/h3,10H,1,4-9H2,2H3. The van der Waals surface area contributed by atoms with Gasteiger partial charge in [-0.2, -0.15) is 0 Å². The monoisotopic (exact) mass is 173 g/mol. The van der Waals surface area contributed by atoms with Crippen LogP contribution in [-0.4, -0.2) is 40.0 Å². The van der Waals surface area contributed by atoms with Crippen molar-refractivity contribution in [3.63, 3.8) is 0 Å². The van der Waals surface area contributed by atoms with Gasteiger partial charge < -0.3 is 14.8 Å². The van der Waals surface area contributed by atoms with Crippen LogP contribution in [0.2, 0.25) is 0 Å². The van der Waals surface area contributed by atoms with Gasteiger partial charge in [-0.05, 0) is 13.0 Å². The van der Waals surface area contributed by atoms with E-state index in [-0.39, 0.29) is 0 Å². The van der Waals surface area contributed by atoms with Crippen molar-refractivity contribution >= 4 is 0 Å². The van der Waals surface area contributed by atoms with Gasteiger partial charge in [0, 0.05) is 13.7 Å². The second-order valence-corrected chi connectivity index (χ2v) is 2.43. The van der Waals surface area contributed by atoms with Crippen molar-refractivity contribution in [3.8, 4) is 0 Å². The Balaban J connectivity index is 2.77. The summed E-state index contributed by atoms with van der Waals surface area (Å²) in [5.41, 5.74) is 0. The first kappa shape index (κ1) is 11.6. The molecule has 12 heavy (non-hydrogen) atoms. The third-order valence-electron chi connectivity index (χ3n) is 1.38. The Morgan fingerprint density at radius 2 is 2.08 bits per heavy atom. The van der Waals surface area contributed by atoms with Crippen LogP contribution < -0.4 is 5.32 Å². The van der Waals surface area contributed by atoms with Gasteiger partial charge in [0.15, 0.2) is 0 Å². The number of hydrogen-bond acceptors (Lipinski definition) is 3. The van der Waals surface area contributed by atoms with E-state index in [1.54, 1.807) is 7.11 Å². The summed E-state index contributed by atoms with van der Waals surface area (Å²) in [6, 6.07) is 0. The van der Waals surface area contributed by atoms with Gasteiger partial charge in [-0.1, -0.05) is 6.08 Å². The van der Waals surface area contributed by atoms with Crippen LogP contribution in [0.25, 0.3) is 0 Å². The molecule has 0 saturated carbocycles. The third-order valence-corrected chi connectivity index (χ3v) is 1.38. The molecule has 0 spiro atoms. The molecule has 3 nitrogen and oxygen atoms in total. The summed E-state index contributed by atoms with van der Waals surface area (Å²) in [6.07, 6.45) is 2.91. The van der Waals surface area contributed by atoms with Crippen molar-refractivity contribution in [1.82, 2.24) is 5.32 Å². The lowest BCUT2D eigenvalue weighted by Gasteiger charge is -2.04. The minimum atomic E-state index is 0.673. The summed E-state index contributed by atoms with van der Waals surface area (Å²) in [5, 5.41) is 3.23. The smallest absolute Gasteiger partial charge is 0.0700 e. The molecule has 0 aliphatic carbocycles. The highest BCUT2D eigenvalue weighted by Gasteiger charge is 1.87. The lowest BCUT2D eigenvalue weighted by Crippen LogP contribution is -2.21. The van der Waals surface area contributed by atoms with Crippen molar-refractivity contribution in [1.29, 1.82) is 0 Å². The molecule has 0 rings (SSSR count). The van der Waals surface area contributed by atoms with E-state index in [0.717, 1.165) is 26.1 Å². The number of rotatable bonds is 9. The van der Waals surface area contributed by atoms with Crippen LogP contribution in [0.1, 0.15) is 6.42 Å². The summed E-state index contributed by atoms with van der Waals surface area (Å²) >= 11 is 0. The molecule has 0 aromatic carbocycles. The highest BCUT2D eigenvalue weighted by molar-refractivity contribution is 4.67. The molecular weight excluding hydrogens is 154 g/mol. The first-order chi connectivity index (χ1) is 5.91. The molecule has 0 radical (unpaired) electrons. The van der Waals surface area contributed by atoms with Crippen molar-refractivity contribution < 1.29 is 9.47 Å². The molecule has 0 fully saturated rings. The fraction of sp³-hybridized carbons (Fsp3) is 0.778. The van der Waals surface area contributed by atoms with Crippen molar-refractivity contribution in [2.75, 3.05) is 40.0 Å². The van der Waals surface area contributed by atoms with Gasteiger partial charge in [-0.3, -0.25) is 0 Å². The van der Waals surface area contributed by atoms with Crippen molar-refractivity contribution in [3.05, 3.63) is 12.7 Å². The van der Waals surface area contributed by atoms with E-state index in [2.05, 4.69) is 11.9 Å². The second-order valence-electron chi connectivity index (χ2n) is 2.43. The Labute approximate surface area is 74.7 Å². The van der Waals surface area contributed by atoms with Gasteiger partial charge in [0.1, 0.15) is 0 Å². The Morgan fingerprint density at radius 1 is 1.25 bits per heavy atom. The van der Waals surface area contributed by atoms with Gasteiger partial charge in [-0.25, -0.2) is 0 Å². The minimum absolute atomic E-state index is 0.673. The number of ether oxygens (including phenoxy) is 2. The molecule has 0 aliphatic heterocycles. The Hall–Kier alpha value is -0.380. The molecule has 1 N–H and O–H groups in total. The van der Waals surface area contributed by atoms with Crippen LogP contribution in [0, 0.1) is 0 Å². The van der Waals surface area contributed by atoms with E-state index in [0.29, 0.717) is 13.2 Å². The molecule has 0 amide bonds. The molecule has 0 saturated heterocycles. The van der Waals surface area contributed by atoms with Gasteiger partial charge in [0.2, 0.25) is 0 Å². The van der Waals surface area contributed by atoms with Gasteiger partial charge in [-0.15, -0.1) is 6.58 Å². The summed E-state index contributed by atoms with van der Waals surface area (Å²) < 4.78 is 10.1. The maximum Gasteiger partial charge on any atom is 0.0700 e. The Bertz CT molecular complexity index is 96.5. The van der Waals surface area contributed by atoms with Crippen LogP contribution >= 0.6 is 0 Å². The Kier molecular flexibility index (Phi) is 10.3. The van der Waals surface area contributed by atoms with E-state index < -0.39 is 0 Å². The first-order valence-corrected chi connectivity index (χ1v) is 4.30. The lowest BCUT2D eigenvalue weighted by molar-refractivity contribution is 0.0721.